The molecule has 0 bridgehead atoms. The molecule has 2 aliphatic rings. The van der Waals surface area contributed by atoms with Crippen LogP contribution in [0.3, 0.4) is 0 Å². The van der Waals surface area contributed by atoms with E-state index in [1.54, 1.807) is 0 Å². The van der Waals surface area contributed by atoms with Crippen LogP contribution in [0, 0.1) is 17.8 Å². The van der Waals surface area contributed by atoms with Crippen molar-refractivity contribution in [3.8, 4) is 0 Å². The van der Waals surface area contributed by atoms with E-state index in [1.165, 1.54) is 19.3 Å². The van der Waals surface area contributed by atoms with Crippen molar-refractivity contribution in [1.82, 2.24) is 10.6 Å². The summed E-state index contributed by atoms with van der Waals surface area (Å²) >= 11 is 0. The first-order valence-corrected chi connectivity index (χ1v) is 6.67. The van der Waals surface area contributed by atoms with Gasteiger partial charge in [-0.15, -0.1) is 0 Å². The highest BCUT2D eigenvalue weighted by Crippen LogP contribution is 2.29. The zero-order chi connectivity index (χ0) is 11.5. The molecule has 1 saturated carbocycles. The van der Waals surface area contributed by atoms with Crippen LogP contribution in [-0.4, -0.2) is 25.0 Å². The Morgan fingerprint density at radius 2 is 2.06 bits per heavy atom. The summed E-state index contributed by atoms with van der Waals surface area (Å²) in [5.74, 6) is 2.23. The smallest absolute Gasteiger partial charge is 0.220 e. The molecule has 2 N–H and O–H groups in total. The van der Waals surface area contributed by atoms with Crippen LogP contribution in [-0.2, 0) is 4.79 Å². The van der Waals surface area contributed by atoms with Crippen LogP contribution in [0.5, 0.6) is 0 Å². The number of rotatable bonds is 3. The van der Waals surface area contributed by atoms with Gasteiger partial charge in [0.15, 0.2) is 0 Å². The standard InChI is InChI=1S/C13H24N2O/c1-9-4-3-5-12(10(9)2)15-13(16)6-11-7-14-8-11/h9-12,14H,3-8H2,1-2H3,(H,15,16). The lowest BCUT2D eigenvalue weighted by atomic mass is 9.78. The van der Waals surface area contributed by atoms with E-state index in [-0.39, 0.29) is 5.91 Å². The molecule has 3 unspecified atom stereocenters. The van der Waals surface area contributed by atoms with Crippen molar-refractivity contribution in [2.75, 3.05) is 13.1 Å². The molecule has 1 saturated heterocycles. The van der Waals surface area contributed by atoms with Gasteiger partial charge in [-0.1, -0.05) is 26.7 Å². The average Bonchev–Trinajstić information content (AvgIpc) is 2.19. The number of carbonyl (C=O) groups excluding carboxylic acids is 1. The van der Waals surface area contributed by atoms with Crippen molar-refractivity contribution in [2.24, 2.45) is 17.8 Å². The minimum Gasteiger partial charge on any atom is -0.353 e. The van der Waals surface area contributed by atoms with Gasteiger partial charge in [-0.25, -0.2) is 0 Å². The minimum atomic E-state index is 0.262. The molecule has 3 atom stereocenters. The Balaban J connectivity index is 1.76. The Morgan fingerprint density at radius 3 is 2.69 bits per heavy atom. The quantitative estimate of drug-likeness (QED) is 0.763. The van der Waals surface area contributed by atoms with E-state index >= 15 is 0 Å². The predicted octanol–water partition coefficient (Wildman–Crippen LogP) is 1.54. The molecule has 2 fully saturated rings. The fourth-order valence-electron chi connectivity index (χ4n) is 2.81. The minimum absolute atomic E-state index is 0.262. The zero-order valence-electron chi connectivity index (χ0n) is 10.5. The largest absolute Gasteiger partial charge is 0.353 e. The second-order valence-corrected chi connectivity index (χ2v) is 5.67. The summed E-state index contributed by atoms with van der Waals surface area (Å²) in [7, 11) is 0. The maximum absolute atomic E-state index is 11.8. The summed E-state index contributed by atoms with van der Waals surface area (Å²) in [5.41, 5.74) is 0. The Bertz CT molecular complexity index is 250. The van der Waals surface area contributed by atoms with Crippen LogP contribution in [0.2, 0.25) is 0 Å². The maximum atomic E-state index is 11.8. The van der Waals surface area contributed by atoms with Crippen molar-refractivity contribution >= 4 is 5.91 Å². The van der Waals surface area contributed by atoms with Gasteiger partial charge < -0.3 is 10.6 Å². The normalized spacial score (nSPS) is 35.5. The molecule has 1 heterocycles. The fraction of sp³-hybridized carbons (Fsp3) is 0.923. The SMILES string of the molecule is CC1CCCC(NC(=O)CC2CNC2)C1C. The molecule has 2 rings (SSSR count). The van der Waals surface area contributed by atoms with Gasteiger partial charge in [-0.3, -0.25) is 4.79 Å². The molecule has 1 aliphatic heterocycles. The number of amides is 1. The monoisotopic (exact) mass is 224 g/mol. The number of nitrogens with one attached hydrogen (secondary N) is 2. The second-order valence-electron chi connectivity index (χ2n) is 5.67. The third kappa shape index (κ3) is 2.76. The first-order valence-electron chi connectivity index (χ1n) is 6.67. The molecular formula is C13H24N2O. The molecule has 16 heavy (non-hydrogen) atoms. The molecule has 92 valence electrons. The Labute approximate surface area is 98.4 Å². The van der Waals surface area contributed by atoms with Crippen molar-refractivity contribution in [3.05, 3.63) is 0 Å². The lowest BCUT2D eigenvalue weighted by Crippen LogP contribution is -2.48. The molecule has 0 aromatic heterocycles. The summed E-state index contributed by atoms with van der Waals surface area (Å²) in [6.45, 7) is 6.62. The van der Waals surface area contributed by atoms with Crippen LogP contribution >= 0.6 is 0 Å². The second kappa shape index (κ2) is 5.17. The van der Waals surface area contributed by atoms with Gasteiger partial charge >= 0.3 is 0 Å². The maximum Gasteiger partial charge on any atom is 0.220 e. The van der Waals surface area contributed by atoms with Gasteiger partial charge in [-0.05, 0) is 37.3 Å². The highest BCUT2D eigenvalue weighted by Gasteiger charge is 2.29. The highest BCUT2D eigenvalue weighted by molar-refractivity contribution is 5.76. The molecule has 0 aromatic carbocycles. The highest BCUT2D eigenvalue weighted by atomic mass is 16.1. The lowest BCUT2D eigenvalue weighted by molar-refractivity contribution is -0.123. The van der Waals surface area contributed by atoms with E-state index in [9.17, 15) is 4.79 Å². The number of carbonyl (C=O) groups is 1. The van der Waals surface area contributed by atoms with E-state index in [0.717, 1.165) is 19.0 Å². The van der Waals surface area contributed by atoms with Gasteiger partial charge in [-0.2, -0.15) is 0 Å². The van der Waals surface area contributed by atoms with Crippen LogP contribution in [0.1, 0.15) is 39.5 Å². The zero-order valence-corrected chi connectivity index (χ0v) is 10.5. The summed E-state index contributed by atoms with van der Waals surface area (Å²) in [6, 6.07) is 0.421. The van der Waals surface area contributed by atoms with Crippen LogP contribution in [0.4, 0.5) is 0 Å². The first-order chi connectivity index (χ1) is 7.66. The predicted molar refractivity (Wildman–Crippen MR) is 65.1 cm³/mol. The van der Waals surface area contributed by atoms with Gasteiger partial charge in [0.25, 0.3) is 0 Å². The molecule has 0 radical (unpaired) electrons. The molecule has 1 amide bonds. The lowest BCUT2D eigenvalue weighted by Gasteiger charge is -2.35. The Kier molecular flexibility index (Phi) is 3.85. The summed E-state index contributed by atoms with van der Waals surface area (Å²) in [6.07, 6.45) is 4.46. The van der Waals surface area contributed by atoms with Crippen molar-refractivity contribution in [3.63, 3.8) is 0 Å². The van der Waals surface area contributed by atoms with Crippen LogP contribution in [0.15, 0.2) is 0 Å². The third-order valence-electron chi connectivity index (χ3n) is 4.39. The van der Waals surface area contributed by atoms with E-state index in [2.05, 4.69) is 24.5 Å². The molecular weight excluding hydrogens is 200 g/mol. The van der Waals surface area contributed by atoms with Crippen LogP contribution in [0.25, 0.3) is 0 Å². The number of hydrogen-bond acceptors (Lipinski definition) is 2. The average molecular weight is 224 g/mol. The van der Waals surface area contributed by atoms with Crippen molar-refractivity contribution in [2.45, 2.75) is 45.6 Å². The molecule has 0 aromatic rings. The van der Waals surface area contributed by atoms with E-state index < -0.39 is 0 Å². The molecule has 1 aliphatic carbocycles. The molecule has 0 spiro atoms. The van der Waals surface area contributed by atoms with Crippen molar-refractivity contribution < 1.29 is 4.79 Å². The van der Waals surface area contributed by atoms with Gasteiger partial charge in [0, 0.05) is 12.5 Å². The van der Waals surface area contributed by atoms with Gasteiger partial charge in [0.2, 0.25) is 5.91 Å². The van der Waals surface area contributed by atoms with E-state index in [1.807, 2.05) is 0 Å². The number of hydrogen-bond donors (Lipinski definition) is 2. The van der Waals surface area contributed by atoms with E-state index in [4.69, 9.17) is 0 Å². The van der Waals surface area contributed by atoms with Gasteiger partial charge in [0.05, 0.1) is 0 Å². The third-order valence-corrected chi connectivity index (χ3v) is 4.39. The van der Waals surface area contributed by atoms with Crippen LogP contribution < -0.4 is 10.6 Å². The molecule has 3 nitrogen and oxygen atoms in total. The summed E-state index contributed by atoms with van der Waals surface area (Å²) in [5, 5.41) is 6.44. The summed E-state index contributed by atoms with van der Waals surface area (Å²) in [4.78, 5) is 11.8. The topological polar surface area (TPSA) is 41.1 Å². The fourth-order valence-corrected chi connectivity index (χ4v) is 2.81. The molecule has 3 heteroatoms. The van der Waals surface area contributed by atoms with Crippen molar-refractivity contribution in [1.29, 1.82) is 0 Å². The Morgan fingerprint density at radius 1 is 1.31 bits per heavy atom. The van der Waals surface area contributed by atoms with Gasteiger partial charge in [0.1, 0.15) is 0 Å². The van der Waals surface area contributed by atoms with E-state index in [0.29, 0.717) is 24.3 Å². The summed E-state index contributed by atoms with van der Waals surface area (Å²) < 4.78 is 0. The first kappa shape index (κ1) is 11.9. The Hall–Kier alpha value is -0.570.